The number of halogens is 7. The van der Waals surface area contributed by atoms with Crippen LogP contribution in [-0.2, 0) is 22.7 Å². The van der Waals surface area contributed by atoms with Crippen molar-refractivity contribution in [1.82, 2.24) is 14.5 Å². The van der Waals surface area contributed by atoms with Gasteiger partial charge in [-0.15, -0.1) is 0 Å². The molecular weight excluding hydrogens is 519 g/mol. The Bertz CT molecular complexity index is 1360. The molecule has 0 spiro atoms. The van der Waals surface area contributed by atoms with E-state index < -0.39 is 45.2 Å². The number of hydrogen-bond donors (Lipinski definition) is 1. The number of aryl methyl sites for hydroxylation is 1. The highest BCUT2D eigenvalue weighted by atomic mass is 32.2. The molecule has 36 heavy (non-hydrogen) atoms. The fraction of sp³-hybridized carbons (Fsp3) is 0.227. The summed E-state index contributed by atoms with van der Waals surface area (Å²) < 4.78 is 122. The van der Waals surface area contributed by atoms with Gasteiger partial charge in [-0.1, -0.05) is 6.58 Å². The van der Waals surface area contributed by atoms with E-state index in [-0.39, 0.29) is 35.0 Å². The normalized spacial score (nSPS) is 12.4. The molecule has 0 atom stereocenters. The molecule has 0 fully saturated rings. The number of rotatable bonds is 8. The van der Waals surface area contributed by atoms with Gasteiger partial charge in [0.25, 0.3) is 0 Å². The van der Waals surface area contributed by atoms with Crippen LogP contribution in [0.1, 0.15) is 18.1 Å². The van der Waals surface area contributed by atoms with E-state index in [0.717, 1.165) is 36.4 Å². The van der Waals surface area contributed by atoms with Gasteiger partial charge in [-0.2, -0.15) is 31.4 Å². The van der Waals surface area contributed by atoms with Gasteiger partial charge in [0, 0.05) is 29.4 Å². The second-order valence-corrected chi connectivity index (χ2v) is 9.21. The van der Waals surface area contributed by atoms with Gasteiger partial charge in [-0.3, -0.25) is 4.72 Å². The van der Waals surface area contributed by atoms with Crippen LogP contribution in [0.25, 0.3) is 17.0 Å². The van der Waals surface area contributed by atoms with Crippen molar-refractivity contribution in [3.63, 3.8) is 0 Å². The minimum absolute atomic E-state index is 0.0801. The summed E-state index contributed by atoms with van der Waals surface area (Å²) in [5.74, 6) is -2.80. The molecule has 0 saturated carbocycles. The van der Waals surface area contributed by atoms with Crippen molar-refractivity contribution in [1.29, 1.82) is 0 Å². The standard InChI is InChI=1S/C22H18F7N3O3S/c1-3-32-20(35-18-6-4-16(5-7-18)22(27,28)29)11-19(30-32)15-8-14(9-17(23)10-15)13(2)31-36(33,34)12-21(24,25)26/h4-11,31H,2-3,12H2,1H3. The van der Waals surface area contributed by atoms with E-state index in [1.807, 2.05) is 0 Å². The molecule has 3 aromatic rings. The van der Waals surface area contributed by atoms with Gasteiger partial charge < -0.3 is 4.74 Å². The van der Waals surface area contributed by atoms with Gasteiger partial charge in [0.05, 0.1) is 11.3 Å². The van der Waals surface area contributed by atoms with Crippen molar-refractivity contribution in [2.75, 3.05) is 5.75 Å². The zero-order chi connectivity index (χ0) is 26.9. The van der Waals surface area contributed by atoms with Crippen molar-refractivity contribution in [3.05, 3.63) is 72.1 Å². The van der Waals surface area contributed by atoms with Gasteiger partial charge in [0.2, 0.25) is 15.9 Å². The first-order chi connectivity index (χ1) is 16.6. The van der Waals surface area contributed by atoms with E-state index in [9.17, 15) is 39.2 Å². The fourth-order valence-corrected chi connectivity index (χ4v) is 4.09. The molecule has 3 rings (SSSR count). The first-order valence-electron chi connectivity index (χ1n) is 10.1. The number of nitrogens with one attached hydrogen (secondary N) is 1. The summed E-state index contributed by atoms with van der Waals surface area (Å²) in [6, 6.07) is 8.46. The van der Waals surface area contributed by atoms with E-state index in [1.54, 1.807) is 11.6 Å². The summed E-state index contributed by atoms with van der Waals surface area (Å²) in [4.78, 5) is 0. The molecule has 14 heteroatoms. The molecule has 0 unspecified atom stereocenters. The zero-order valence-electron chi connectivity index (χ0n) is 18.4. The molecule has 1 aromatic heterocycles. The maximum absolute atomic E-state index is 14.3. The second-order valence-electron chi connectivity index (χ2n) is 7.49. The predicted molar refractivity (Wildman–Crippen MR) is 117 cm³/mol. The molecule has 0 aliphatic carbocycles. The fourth-order valence-electron chi connectivity index (χ4n) is 3.09. The third kappa shape index (κ3) is 6.99. The molecule has 1 N–H and O–H groups in total. The minimum atomic E-state index is -4.99. The average molecular weight is 537 g/mol. The van der Waals surface area contributed by atoms with Crippen LogP contribution in [0.15, 0.2) is 55.1 Å². The maximum Gasteiger partial charge on any atom is 0.416 e. The summed E-state index contributed by atoms with van der Waals surface area (Å²) in [7, 11) is -4.84. The number of hydrogen-bond acceptors (Lipinski definition) is 4. The summed E-state index contributed by atoms with van der Waals surface area (Å²) >= 11 is 0. The summed E-state index contributed by atoms with van der Waals surface area (Å²) in [5.41, 5.74) is -1.24. The van der Waals surface area contributed by atoms with E-state index in [1.165, 1.54) is 16.8 Å². The Hall–Kier alpha value is -3.55. The summed E-state index contributed by atoms with van der Waals surface area (Å²) in [5, 5.41) is 4.24. The Morgan fingerprint density at radius 2 is 1.69 bits per heavy atom. The molecule has 0 aliphatic heterocycles. The number of aromatic nitrogens is 2. The van der Waals surface area contributed by atoms with Crippen molar-refractivity contribution in [2.24, 2.45) is 0 Å². The molecule has 194 valence electrons. The van der Waals surface area contributed by atoms with Crippen LogP contribution in [0.5, 0.6) is 11.6 Å². The lowest BCUT2D eigenvalue weighted by molar-refractivity contribution is -0.137. The Kier molecular flexibility index (Phi) is 7.39. The van der Waals surface area contributed by atoms with E-state index in [0.29, 0.717) is 0 Å². The lowest BCUT2D eigenvalue weighted by Crippen LogP contribution is -2.32. The van der Waals surface area contributed by atoms with E-state index >= 15 is 0 Å². The van der Waals surface area contributed by atoms with Gasteiger partial charge in [0.15, 0.2) is 5.75 Å². The lowest BCUT2D eigenvalue weighted by Gasteiger charge is -2.13. The number of alkyl halides is 6. The number of sulfonamides is 1. The average Bonchev–Trinajstić information content (AvgIpc) is 3.13. The summed E-state index contributed by atoms with van der Waals surface area (Å²) in [6.45, 7) is 5.35. The number of nitrogens with zero attached hydrogens (tertiary/aromatic N) is 2. The Morgan fingerprint density at radius 3 is 2.25 bits per heavy atom. The van der Waals surface area contributed by atoms with Crippen LogP contribution in [-0.4, -0.2) is 30.1 Å². The number of benzene rings is 2. The molecular formula is C22H18F7N3O3S. The zero-order valence-corrected chi connectivity index (χ0v) is 19.2. The van der Waals surface area contributed by atoms with Crippen molar-refractivity contribution in [3.8, 4) is 22.9 Å². The molecule has 2 aromatic carbocycles. The molecule has 0 saturated heterocycles. The Labute approximate surface area is 201 Å². The van der Waals surface area contributed by atoms with Crippen molar-refractivity contribution >= 4 is 15.7 Å². The highest BCUT2D eigenvalue weighted by molar-refractivity contribution is 7.89. The van der Waals surface area contributed by atoms with Gasteiger partial charge in [0.1, 0.15) is 11.6 Å². The van der Waals surface area contributed by atoms with Crippen molar-refractivity contribution < 1.29 is 43.9 Å². The van der Waals surface area contributed by atoms with Gasteiger partial charge >= 0.3 is 12.4 Å². The van der Waals surface area contributed by atoms with Crippen LogP contribution in [0, 0.1) is 5.82 Å². The first kappa shape index (κ1) is 27.0. The topological polar surface area (TPSA) is 73.2 Å². The first-order valence-corrected chi connectivity index (χ1v) is 11.7. The van der Waals surface area contributed by atoms with Crippen LogP contribution in [0.4, 0.5) is 30.7 Å². The highest BCUT2D eigenvalue weighted by Gasteiger charge is 2.35. The van der Waals surface area contributed by atoms with Crippen LogP contribution < -0.4 is 9.46 Å². The van der Waals surface area contributed by atoms with Gasteiger partial charge in [-0.05, 0) is 49.4 Å². The number of ether oxygens (including phenoxy) is 1. The Morgan fingerprint density at radius 1 is 1.06 bits per heavy atom. The minimum Gasteiger partial charge on any atom is -0.439 e. The van der Waals surface area contributed by atoms with E-state index in [4.69, 9.17) is 4.74 Å². The molecule has 0 aliphatic rings. The Balaban J connectivity index is 1.88. The summed E-state index contributed by atoms with van der Waals surface area (Å²) in [6.07, 6.45) is -9.51. The highest BCUT2D eigenvalue weighted by Crippen LogP contribution is 2.33. The molecule has 1 heterocycles. The molecule has 6 nitrogen and oxygen atoms in total. The molecule has 0 amide bonds. The quantitative estimate of drug-likeness (QED) is 0.360. The maximum atomic E-state index is 14.3. The van der Waals surface area contributed by atoms with Gasteiger partial charge in [-0.25, -0.2) is 17.5 Å². The SMILES string of the molecule is C=C(NS(=O)(=O)CC(F)(F)F)c1cc(F)cc(-c2cc(Oc3ccc(C(F)(F)F)cc3)n(CC)n2)c1. The van der Waals surface area contributed by atoms with E-state index in [2.05, 4.69) is 11.7 Å². The second kappa shape index (κ2) is 9.84. The monoisotopic (exact) mass is 537 g/mol. The third-order valence-electron chi connectivity index (χ3n) is 4.62. The van der Waals surface area contributed by atoms with Crippen molar-refractivity contribution in [2.45, 2.75) is 25.8 Å². The molecule has 0 radical (unpaired) electrons. The predicted octanol–water partition coefficient (Wildman–Crippen LogP) is 5.97. The largest absolute Gasteiger partial charge is 0.439 e. The van der Waals surface area contributed by atoms with Crippen LogP contribution in [0.3, 0.4) is 0 Å². The third-order valence-corrected chi connectivity index (χ3v) is 5.89. The smallest absolute Gasteiger partial charge is 0.416 e. The van der Waals surface area contributed by atoms with Crippen LogP contribution >= 0.6 is 0 Å². The molecule has 0 bridgehead atoms. The van der Waals surface area contributed by atoms with Crippen LogP contribution in [0.2, 0.25) is 0 Å². The lowest BCUT2D eigenvalue weighted by atomic mass is 10.1.